The third-order valence-electron chi connectivity index (χ3n) is 2.36. The average Bonchev–Trinajstić information content (AvgIpc) is 1.94. The normalized spacial score (nSPS) is 28.2. The van der Waals surface area contributed by atoms with Gasteiger partial charge in [0.1, 0.15) is 0 Å². The van der Waals surface area contributed by atoms with Gasteiger partial charge in [-0.2, -0.15) is 0 Å². The fraction of sp³-hybridized carbons (Fsp3) is 0.750. The molecule has 1 aliphatic rings. The molecule has 1 fully saturated rings. The van der Waals surface area contributed by atoms with E-state index in [-0.39, 0.29) is 0 Å². The van der Waals surface area contributed by atoms with Crippen molar-refractivity contribution in [3.05, 3.63) is 12.7 Å². The molecule has 10 heavy (non-hydrogen) atoms. The maximum absolute atomic E-state index is 3.76. The van der Waals surface area contributed by atoms with Crippen LogP contribution in [0.25, 0.3) is 0 Å². The van der Waals surface area contributed by atoms with Crippen LogP contribution in [0.1, 0.15) is 25.7 Å². The molecular formula is C8H16BN. The molecule has 0 N–H and O–H groups in total. The van der Waals surface area contributed by atoms with Crippen molar-refractivity contribution in [1.82, 2.24) is 4.81 Å². The van der Waals surface area contributed by atoms with Gasteiger partial charge in [0, 0.05) is 6.04 Å². The third kappa shape index (κ3) is 1.88. The Labute approximate surface area is 64.5 Å². The Hall–Kier alpha value is -0.235. The third-order valence-corrected chi connectivity index (χ3v) is 2.36. The van der Waals surface area contributed by atoms with Gasteiger partial charge in [-0.15, -0.1) is 6.58 Å². The first-order chi connectivity index (χ1) is 4.84. The fourth-order valence-electron chi connectivity index (χ4n) is 1.63. The van der Waals surface area contributed by atoms with Crippen molar-refractivity contribution in [1.29, 1.82) is 0 Å². The highest BCUT2D eigenvalue weighted by Gasteiger charge is 2.15. The summed E-state index contributed by atoms with van der Waals surface area (Å²) in [6.07, 6.45) is 7.35. The number of piperidine rings is 1. The Kier molecular flexibility index (Phi) is 3.00. The van der Waals surface area contributed by atoms with Crippen LogP contribution in [0.15, 0.2) is 12.7 Å². The summed E-state index contributed by atoms with van der Waals surface area (Å²) >= 11 is 0. The van der Waals surface area contributed by atoms with E-state index in [0.29, 0.717) is 0 Å². The largest absolute Gasteiger partial charge is 0.346 e. The van der Waals surface area contributed by atoms with Gasteiger partial charge in [0.25, 0.3) is 0 Å². The molecule has 56 valence electrons. The molecule has 1 heterocycles. The number of hydrogen-bond donors (Lipinski definition) is 0. The van der Waals surface area contributed by atoms with Gasteiger partial charge >= 0.3 is 0 Å². The van der Waals surface area contributed by atoms with Crippen molar-refractivity contribution in [3.8, 4) is 0 Å². The molecule has 0 amide bonds. The van der Waals surface area contributed by atoms with E-state index in [9.17, 15) is 0 Å². The Balaban J connectivity index is 2.32. The first-order valence-electron chi connectivity index (χ1n) is 4.15. The molecule has 0 aromatic heterocycles. The maximum atomic E-state index is 3.76. The zero-order valence-corrected chi connectivity index (χ0v) is 6.84. The van der Waals surface area contributed by atoms with Gasteiger partial charge in [-0.1, -0.05) is 12.5 Å². The van der Waals surface area contributed by atoms with Crippen LogP contribution in [0, 0.1) is 0 Å². The fourth-order valence-corrected chi connectivity index (χ4v) is 1.63. The van der Waals surface area contributed by atoms with Gasteiger partial charge in [-0.05, 0) is 25.8 Å². The van der Waals surface area contributed by atoms with Crippen LogP contribution < -0.4 is 0 Å². The molecule has 0 radical (unpaired) electrons. The van der Waals surface area contributed by atoms with E-state index in [1.807, 2.05) is 6.08 Å². The van der Waals surface area contributed by atoms with E-state index < -0.39 is 0 Å². The molecule has 1 aliphatic heterocycles. The summed E-state index contributed by atoms with van der Waals surface area (Å²) in [5, 5.41) is 0. The van der Waals surface area contributed by atoms with Crippen molar-refractivity contribution >= 4 is 7.98 Å². The van der Waals surface area contributed by atoms with Crippen molar-refractivity contribution in [2.24, 2.45) is 0 Å². The molecule has 0 spiro atoms. The molecule has 1 unspecified atom stereocenters. The van der Waals surface area contributed by atoms with Crippen LogP contribution in [0.3, 0.4) is 0 Å². The predicted molar refractivity (Wildman–Crippen MR) is 47.7 cm³/mol. The maximum Gasteiger partial charge on any atom is 0.185 e. The van der Waals surface area contributed by atoms with E-state index in [2.05, 4.69) is 19.4 Å². The Bertz CT molecular complexity index is 114. The summed E-state index contributed by atoms with van der Waals surface area (Å²) in [5.74, 6) is 0. The van der Waals surface area contributed by atoms with Gasteiger partial charge in [0.05, 0.1) is 0 Å². The molecule has 1 rings (SSSR count). The van der Waals surface area contributed by atoms with Crippen molar-refractivity contribution < 1.29 is 0 Å². The van der Waals surface area contributed by atoms with E-state index in [1.165, 1.54) is 25.8 Å². The highest BCUT2D eigenvalue weighted by molar-refractivity contribution is 6.04. The predicted octanol–water partition coefficient (Wildman–Crippen LogP) is 0.965. The van der Waals surface area contributed by atoms with Gasteiger partial charge in [-0.25, -0.2) is 0 Å². The van der Waals surface area contributed by atoms with Gasteiger partial charge in [0.15, 0.2) is 7.98 Å². The lowest BCUT2D eigenvalue weighted by molar-refractivity contribution is 0.264. The molecular weight excluding hydrogens is 121 g/mol. The van der Waals surface area contributed by atoms with Crippen molar-refractivity contribution in [2.45, 2.75) is 31.7 Å². The SMILES string of the molecule is BN1CCCCC1CC=C. The minimum absolute atomic E-state index is 0.784. The first-order valence-corrected chi connectivity index (χ1v) is 4.15. The highest BCUT2D eigenvalue weighted by atomic mass is 15.1. The Morgan fingerprint density at radius 1 is 1.60 bits per heavy atom. The number of rotatable bonds is 2. The summed E-state index contributed by atoms with van der Waals surface area (Å²) in [7, 11) is 2.22. The minimum atomic E-state index is 0.784. The molecule has 2 heteroatoms. The zero-order valence-electron chi connectivity index (χ0n) is 6.84. The van der Waals surface area contributed by atoms with Crippen LogP contribution in [-0.2, 0) is 0 Å². The van der Waals surface area contributed by atoms with Gasteiger partial charge in [0.2, 0.25) is 0 Å². The zero-order chi connectivity index (χ0) is 7.40. The minimum Gasteiger partial charge on any atom is -0.346 e. The van der Waals surface area contributed by atoms with Crippen LogP contribution in [0.2, 0.25) is 0 Å². The van der Waals surface area contributed by atoms with Crippen molar-refractivity contribution in [3.63, 3.8) is 0 Å². The van der Waals surface area contributed by atoms with Crippen LogP contribution in [0.4, 0.5) is 0 Å². The lowest BCUT2D eigenvalue weighted by Gasteiger charge is -2.32. The summed E-state index contributed by atoms with van der Waals surface area (Å²) in [6, 6.07) is 0.784. The molecule has 1 saturated heterocycles. The summed E-state index contributed by atoms with van der Waals surface area (Å²) in [5.41, 5.74) is 0. The van der Waals surface area contributed by atoms with E-state index in [1.54, 1.807) is 0 Å². The monoisotopic (exact) mass is 137 g/mol. The molecule has 1 nitrogen and oxygen atoms in total. The van der Waals surface area contributed by atoms with Crippen LogP contribution in [0.5, 0.6) is 0 Å². The molecule has 1 atom stereocenters. The van der Waals surface area contributed by atoms with E-state index in [0.717, 1.165) is 12.5 Å². The molecule has 0 aromatic carbocycles. The molecule has 0 aromatic rings. The second kappa shape index (κ2) is 3.82. The van der Waals surface area contributed by atoms with E-state index in [4.69, 9.17) is 0 Å². The topological polar surface area (TPSA) is 3.24 Å². The Morgan fingerprint density at radius 3 is 3.00 bits per heavy atom. The molecule has 0 saturated carbocycles. The second-order valence-corrected chi connectivity index (χ2v) is 3.15. The van der Waals surface area contributed by atoms with Crippen LogP contribution in [-0.4, -0.2) is 25.4 Å². The second-order valence-electron chi connectivity index (χ2n) is 3.15. The van der Waals surface area contributed by atoms with Gasteiger partial charge in [-0.3, -0.25) is 0 Å². The quantitative estimate of drug-likeness (QED) is 0.404. The summed E-state index contributed by atoms with van der Waals surface area (Å²) in [6.45, 7) is 5.04. The highest BCUT2D eigenvalue weighted by Crippen LogP contribution is 2.16. The van der Waals surface area contributed by atoms with Crippen LogP contribution >= 0.6 is 0 Å². The smallest absolute Gasteiger partial charge is 0.185 e. The lowest BCUT2D eigenvalue weighted by atomic mass is 9.96. The summed E-state index contributed by atoms with van der Waals surface area (Å²) < 4.78 is 0. The van der Waals surface area contributed by atoms with Gasteiger partial charge < -0.3 is 4.81 Å². The Morgan fingerprint density at radius 2 is 2.40 bits per heavy atom. The lowest BCUT2D eigenvalue weighted by Crippen LogP contribution is -2.36. The molecule has 0 aliphatic carbocycles. The van der Waals surface area contributed by atoms with E-state index >= 15 is 0 Å². The standard InChI is InChI=1S/C8H16BN/c1-2-5-8-6-3-4-7-10(8)9/h2,8H,1,3-7,9H2. The first kappa shape index (κ1) is 7.87. The average molecular weight is 137 g/mol. The number of hydrogen-bond acceptors (Lipinski definition) is 1. The van der Waals surface area contributed by atoms with Crippen molar-refractivity contribution in [2.75, 3.05) is 6.54 Å². The summed E-state index contributed by atoms with van der Waals surface area (Å²) in [4.78, 5) is 2.45. The molecule has 0 bridgehead atoms. The number of nitrogens with zero attached hydrogens (tertiary/aromatic N) is 1.